The second-order valence-corrected chi connectivity index (χ2v) is 9.10. The Balaban J connectivity index is 1.47. The molecule has 1 saturated heterocycles. The number of rotatable bonds is 7. The molecule has 2 aliphatic rings. The first-order chi connectivity index (χ1) is 14.3. The van der Waals surface area contributed by atoms with Crippen molar-refractivity contribution in [3.05, 3.63) is 22.7 Å². The molecule has 1 heterocycles. The highest BCUT2D eigenvalue weighted by Crippen LogP contribution is 2.31. The van der Waals surface area contributed by atoms with Gasteiger partial charge in [-0.1, -0.05) is 11.6 Å². The highest BCUT2D eigenvalue weighted by molar-refractivity contribution is 6.33. The van der Waals surface area contributed by atoms with E-state index in [0.717, 1.165) is 25.9 Å². The number of likely N-dealkylation sites (tertiary alicyclic amines) is 1. The largest absolute Gasteiger partial charge is 0.493 e. The minimum Gasteiger partial charge on any atom is -0.493 e. The third kappa shape index (κ3) is 6.00. The van der Waals surface area contributed by atoms with Crippen LogP contribution in [0.4, 0.5) is 5.69 Å². The van der Waals surface area contributed by atoms with Crippen molar-refractivity contribution in [2.75, 3.05) is 38.5 Å². The summed E-state index contributed by atoms with van der Waals surface area (Å²) in [6.07, 6.45) is 4.36. The van der Waals surface area contributed by atoms with E-state index in [0.29, 0.717) is 73.3 Å². The van der Waals surface area contributed by atoms with Gasteiger partial charge in [-0.3, -0.25) is 4.79 Å². The molecule has 168 valence electrons. The van der Waals surface area contributed by atoms with Crippen LogP contribution >= 0.6 is 11.6 Å². The van der Waals surface area contributed by atoms with Crippen molar-refractivity contribution in [2.24, 2.45) is 5.92 Å². The number of hydrogen-bond donors (Lipinski definition) is 4. The molecular formula is C22H34ClN3O4. The minimum absolute atomic E-state index is 0.210. The molecule has 30 heavy (non-hydrogen) atoms. The molecular weight excluding hydrogens is 406 g/mol. The van der Waals surface area contributed by atoms with Gasteiger partial charge in [-0.05, 0) is 70.5 Å². The Morgan fingerprint density at radius 3 is 2.60 bits per heavy atom. The monoisotopic (exact) mass is 439 g/mol. The lowest BCUT2D eigenvalue weighted by atomic mass is 9.82. The van der Waals surface area contributed by atoms with Gasteiger partial charge in [0.05, 0.1) is 34.6 Å². The molecule has 0 radical (unpaired) electrons. The van der Waals surface area contributed by atoms with Gasteiger partial charge in [-0.2, -0.15) is 0 Å². The summed E-state index contributed by atoms with van der Waals surface area (Å²) in [7, 11) is 0. The average molecular weight is 440 g/mol. The Labute approximate surface area is 183 Å². The van der Waals surface area contributed by atoms with E-state index in [1.54, 1.807) is 12.1 Å². The first-order valence-corrected chi connectivity index (χ1v) is 11.3. The average Bonchev–Trinajstić information content (AvgIpc) is 2.72. The van der Waals surface area contributed by atoms with E-state index in [1.807, 2.05) is 6.92 Å². The fourth-order valence-electron chi connectivity index (χ4n) is 4.42. The van der Waals surface area contributed by atoms with Crippen LogP contribution in [0, 0.1) is 5.92 Å². The summed E-state index contributed by atoms with van der Waals surface area (Å²) >= 11 is 6.09. The van der Waals surface area contributed by atoms with Crippen LogP contribution in [0.5, 0.6) is 5.75 Å². The molecule has 8 heteroatoms. The van der Waals surface area contributed by atoms with Crippen molar-refractivity contribution in [3.63, 3.8) is 0 Å². The molecule has 2 fully saturated rings. The highest BCUT2D eigenvalue weighted by Gasteiger charge is 2.35. The van der Waals surface area contributed by atoms with Gasteiger partial charge in [0.2, 0.25) is 0 Å². The van der Waals surface area contributed by atoms with Crippen molar-refractivity contribution >= 4 is 23.2 Å². The number of ether oxygens (including phenoxy) is 1. The van der Waals surface area contributed by atoms with E-state index >= 15 is 0 Å². The number of nitrogens with zero attached hydrogens (tertiary/aromatic N) is 1. The SMILES string of the molecule is CCOc1cc(N)c(Cl)cc1C(=O)NCC1CCN(CC2(O)CCC(O)CC2)CC1. The smallest absolute Gasteiger partial charge is 0.255 e. The van der Waals surface area contributed by atoms with Crippen molar-refractivity contribution in [2.45, 2.75) is 57.2 Å². The number of nitrogens with two attached hydrogens (primary N) is 1. The number of aliphatic hydroxyl groups excluding tert-OH is 1. The maximum Gasteiger partial charge on any atom is 0.255 e. The molecule has 0 bridgehead atoms. The highest BCUT2D eigenvalue weighted by atomic mass is 35.5. The lowest BCUT2D eigenvalue weighted by Crippen LogP contribution is -2.49. The number of β-amino-alcohol motifs (C(OH)–C–C–N with tert-alkyl or cyclic N) is 1. The third-order valence-electron chi connectivity index (χ3n) is 6.31. The molecule has 1 aliphatic carbocycles. The zero-order chi connectivity index (χ0) is 21.7. The molecule has 7 nitrogen and oxygen atoms in total. The number of piperidine rings is 1. The molecule has 0 spiro atoms. The number of amides is 1. The number of benzene rings is 1. The first kappa shape index (κ1) is 23.1. The van der Waals surface area contributed by atoms with Crippen molar-refractivity contribution < 1.29 is 19.7 Å². The summed E-state index contributed by atoms with van der Waals surface area (Å²) in [6.45, 7) is 5.36. The Morgan fingerprint density at radius 1 is 1.30 bits per heavy atom. The summed E-state index contributed by atoms with van der Waals surface area (Å²) in [4.78, 5) is 15.0. The third-order valence-corrected chi connectivity index (χ3v) is 6.63. The summed E-state index contributed by atoms with van der Waals surface area (Å²) in [5.74, 6) is 0.628. The molecule has 1 aliphatic heterocycles. The normalized spacial score (nSPS) is 25.8. The van der Waals surface area contributed by atoms with Gasteiger partial charge in [0.25, 0.3) is 5.91 Å². The Morgan fingerprint density at radius 2 is 1.97 bits per heavy atom. The molecule has 5 N–H and O–H groups in total. The van der Waals surface area contributed by atoms with Gasteiger partial charge >= 0.3 is 0 Å². The van der Waals surface area contributed by atoms with Crippen LogP contribution in [0.2, 0.25) is 5.02 Å². The van der Waals surface area contributed by atoms with Gasteiger partial charge in [0, 0.05) is 19.2 Å². The molecule has 0 atom stereocenters. The Kier molecular flexibility index (Phi) is 7.85. The van der Waals surface area contributed by atoms with Crippen LogP contribution < -0.4 is 15.8 Å². The van der Waals surface area contributed by atoms with E-state index in [2.05, 4.69) is 10.2 Å². The lowest BCUT2D eigenvalue weighted by molar-refractivity contribution is -0.0572. The zero-order valence-corrected chi connectivity index (χ0v) is 18.5. The quantitative estimate of drug-likeness (QED) is 0.486. The second-order valence-electron chi connectivity index (χ2n) is 8.69. The van der Waals surface area contributed by atoms with Crippen LogP contribution in [0.1, 0.15) is 55.8 Å². The summed E-state index contributed by atoms with van der Waals surface area (Å²) < 4.78 is 5.54. The van der Waals surface area contributed by atoms with E-state index < -0.39 is 5.60 Å². The number of carbonyl (C=O) groups is 1. The predicted octanol–water partition coefficient (Wildman–Crippen LogP) is 2.43. The van der Waals surface area contributed by atoms with Crippen LogP contribution in [-0.4, -0.2) is 65.5 Å². The van der Waals surface area contributed by atoms with Gasteiger partial charge < -0.3 is 30.9 Å². The fraction of sp³-hybridized carbons (Fsp3) is 0.682. The number of hydrogen-bond acceptors (Lipinski definition) is 6. The molecule has 1 aromatic carbocycles. The first-order valence-electron chi connectivity index (χ1n) is 10.9. The molecule has 0 aromatic heterocycles. The minimum atomic E-state index is -0.676. The number of halogens is 1. The predicted molar refractivity (Wildman–Crippen MR) is 118 cm³/mol. The topological polar surface area (TPSA) is 108 Å². The molecule has 1 saturated carbocycles. The Hall–Kier alpha value is -1.54. The number of nitrogens with one attached hydrogen (secondary N) is 1. The van der Waals surface area contributed by atoms with E-state index in [-0.39, 0.29) is 12.0 Å². The maximum atomic E-state index is 12.7. The van der Waals surface area contributed by atoms with Crippen LogP contribution in [0.3, 0.4) is 0 Å². The van der Waals surface area contributed by atoms with Gasteiger partial charge in [0.15, 0.2) is 0 Å². The lowest BCUT2D eigenvalue weighted by Gasteiger charge is -2.41. The Bertz CT molecular complexity index is 729. The number of nitrogen functional groups attached to an aromatic ring is 1. The fourth-order valence-corrected chi connectivity index (χ4v) is 4.58. The summed E-state index contributed by atoms with van der Waals surface area (Å²) in [5.41, 5.74) is 5.94. The summed E-state index contributed by atoms with van der Waals surface area (Å²) in [6, 6.07) is 3.15. The standard InChI is InChI=1S/C22H34ClN3O4/c1-2-30-20-12-19(24)18(23)11-17(20)21(28)25-13-15-5-9-26(10-6-15)14-22(29)7-3-16(27)4-8-22/h11-12,15-16,27,29H,2-10,13-14,24H2,1H3,(H,25,28). The van der Waals surface area contributed by atoms with Crippen LogP contribution in [0.25, 0.3) is 0 Å². The van der Waals surface area contributed by atoms with Crippen molar-refractivity contribution in [1.29, 1.82) is 0 Å². The second kappa shape index (κ2) is 10.2. The number of anilines is 1. The van der Waals surface area contributed by atoms with Crippen molar-refractivity contribution in [3.8, 4) is 5.75 Å². The molecule has 0 unspecified atom stereocenters. The number of carbonyl (C=O) groups excluding carboxylic acids is 1. The van der Waals surface area contributed by atoms with Gasteiger partial charge in [-0.25, -0.2) is 0 Å². The molecule has 3 rings (SSSR count). The van der Waals surface area contributed by atoms with E-state index in [9.17, 15) is 15.0 Å². The zero-order valence-electron chi connectivity index (χ0n) is 17.7. The summed E-state index contributed by atoms with van der Waals surface area (Å²) in [5, 5.41) is 23.8. The molecule has 1 amide bonds. The number of aliphatic hydroxyl groups is 2. The van der Waals surface area contributed by atoms with Gasteiger partial charge in [-0.15, -0.1) is 0 Å². The molecule has 1 aromatic rings. The van der Waals surface area contributed by atoms with E-state index in [1.165, 1.54) is 0 Å². The van der Waals surface area contributed by atoms with Crippen molar-refractivity contribution in [1.82, 2.24) is 10.2 Å². The van der Waals surface area contributed by atoms with Crippen LogP contribution in [-0.2, 0) is 0 Å². The van der Waals surface area contributed by atoms with Gasteiger partial charge in [0.1, 0.15) is 5.75 Å². The van der Waals surface area contributed by atoms with E-state index in [4.69, 9.17) is 22.1 Å². The van der Waals surface area contributed by atoms with Crippen LogP contribution in [0.15, 0.2) is 12.1 Å². The maximum absolute atomic E-state index is 12.7.